The van der Waals surface area contributed by atoms with Gasteiger partial charge in [-0.25, -0.2) is 12.7 Å². The van der Waals surface area contributed by atoms with Crippen molar-refractivity contribution in [3.63, 3.8) is 0 Å². The lowest BCUT2D eigenvalue weighted by atomic mass is 10.4. The molecule has 0 aromatic heterocycles. The minimum absolute atomic E-state index is 0.0926. The summed E-state index contributed by atoms with van der Waals surface area (Å²) in [5.74, 6) is 0.0926. The first-order valence-electron chi connectivity index (χ1n) is 6.35. The summed E-state index contributed by atoms with van der Waals surface area (Å²) >= 11 is 0. The Balaban J connectivity index is 0. The summed E-state index contributed by atoms with van der Waals surface area (Å²) in [6, 6.07) is 8.35. The normalized spacial score (nSPS) is 9.80. The van der Waals surface area contributed by atoms with E-state index in [0.717, 1.165) is 0 Å². The van der Waals surface area contributed by atoms with Crippen LogP contribution in [0.5, 0.6) is 0 Å². The maximum atomic E-state index is 11.5. The molecule has 0 saturated carbocycles. The van der Waals surface area contributed by atoms with Crippen LogP contribution in [0.2, 0.25) is 0 Å². The Kier molecular flexibility index (Phi) is 10.9. The molecular weight excluding hydrogens is 276 g/mol. The predicted molar refractivity (Wildman–Crippen MR) is 83.0 cm³/mol. The predicted octanol–water partition coefficient (Wildman–Crippen LogP) is 2.06. The monoisotopic (exact) mass is 302 g/mol. The molecule has 0 aliphatic carbocycles. The van der Waals surface area contributed by atoms with Crippen LogP contribution >= 0.6 is 0 Å². The van der Waals surface area contributed by atoms with Crippen LogP contribution in [0.25, 0.3) is 0 Å². The van der Waals surface area contributed by atoms with Crippen LogP contribution in [0.4, 0.5) is 0 Å². The Morgan fingerprint density at radius 2 is 1.30 bits per heavy atom. The summed E-state index contributed by atoms with van der Waals surface area (Å²) in [6.45, 7) is 5.53. The Bertz CT molecular complexity index is 468. The molecule has 116 valence electrons. The van der Waals surface area contributed by atoms with Crippen LogP contribution in [0.1, 0.15) is 20.8 Å². The smallest absolute Gasteiger partial charge is 0.242 e. The number of hydrogen-bond donors (Lipinski definition) is 0. The number of nitrogens with zero attached hydrogens (tertiary/aromatic N) is 2. The van der Waals surface area contributed by atoms with Crippen LogP contribution in [0.3, 0.4) is 0 Å². The van der Waals surface area contributed by atoms with Crippen molar-refractivity contribution in [1.29, 1.82) is 0 Å². The molecular formula is C14H26N2O3S. The van der Waals surface area contributed by atoms with Crippen molar-refractivity contribution in [2.45, 2.75) is 25.7 Å². The van der Waals surface area contributed by atoms with Crippen LogP contribution in [-0.2, 0) is 14.8 Å². The highest BCUT2D eigenvalue weighted by atomic mass is 32.2. The Labute approximate surface area is 123 Å². The first-order valence-corrected chi connectivity index (χ1v) is 7.79. The minimum Gasteiger partial charge on any atom is -0.349 e. The summed E-state index contributed by atoms with van der Waals surface area (Å²) in [4.78, 5) is 11.9. The number of hydrogen-bond acceptors (Lipinski definition) is 3. The molecule has 5 nitrogen and oxygen atoms in total. The molecule has 0 bridgehead atoms. The third kappa shape index (κ3) is 7.91. The Hall–Kier alpha value is -1.40. The average Bonchev–Trinajstić information content (AvgIpc) is 2.42. The number of benzene rings is 1. The summed E-state index contributed by atoms with van der Waals surface area (Å²) in [5, 5.41) is 0. The van der Waals surface area contributed by atoms with Crippen LogP contribution < -0.4 is 0 Å². The minimum atomic E-state index is -3.24. The molecule has 0 spiro atoms. The van der Waals surface area contributed by atoms with Gasteiger partial charge < -0.3 is 4.90 Å². The van der Waals surface area contributed by atoms with Gasteiger partial charge >= 0.3 is 0 Å². The highest BCUT2D eigenvalue weighted by Gasteiger charge is 2.15. The summed E-state index contributed by atoms with van der Waals surface area (Å²) in [5.41, 5.74) is 0. The van der Waals surface area contributed by atoms with Gasteiger partial charge in [0.05, 0.1) is 4.90 Å². The van der Waals surface area contributed by atoms with Crippen molar-refractivity contribution in [3.8, 4) is 0 Å². The number of carbonyl (C=O) groups is 1. The van der Waals surface area contributed by atoms with Crippen molar-refractivity contribution in [2.24, 2.45) is 0 Å². The topological polar surface area (TPSA) is 57.7 Å². The van der Waals surface area contributed by atoms with Gasteiger partial charge in [0.25, 0.3) is 0 Å². The summed E-state index contributed by atoms with van der Waals surface area (Å²) in [7, 11) is 3.24. The highest BCUT2D eigenvalue weighted by molar-refractivity contribution is 7.89. The van der Waals surface area contributed by atoms with Gasteiger partial charge in [-0.1, -0.05) is 32.0 Å². The first-order chi connectivity index (χ1) is 9.19. The van der Waals surface area contributed by atoms with E-state index < -0.39 is 10.0 Å². The van der Waals surface area contributed by atoms with Crippen molar-refractivity contribution in [2.75, 3.05) is 28.2 Å². The van der Waals surface area contributed by atoms with E-state index in [1.54, 1.807) is 44.4 Å². The van der Waals surface area contributed by atoms with Crippen molar-refractivity contribution >= 4 is 15.9 Å². The van der Waals surface area contributed by atoms with Gasteiger partial charge in [-0.15, -0.1) is 0 Å². The molecule has 1 aromatic carbocycles. The van der Waals surface area contributed by atoms with Crippen molar-refractivity contribution < 1.29 is 13.2 Å². The van der Waals surface area contributed by atoms with Gasteiger partial charge in [-0.05, 0) is 12.1 Å². The SMILES string of the molecule is CC.CC(=O)N(C)C.CN(C)S(=O)(=O)c1ccccc1. The number of rotatable bonds is 2. The maximum absolute atomic E-state index is 11.5. The second kappa shape index (κ2) is 10.4. The fourth-order valence-electron chi connectivity index (χ4n) is 0.803. The second-order valence-corrected chi connectivity index (χ2v) is 6.17. The van der Waals surface area contributed by atoms with E-state index in [4.69, 9.17) is 0 Å². The van der Waals surface area contributed by atoms with E-state index >= 15 is 0 Å². The van der Waals surface area contributed by atoms with Crippen molar-refractivity contribution in [1.82, 2.24) is 9.21 Å². The lowest BCUT2D eigenvalue weighted by Crippen LogP contribution is -2.21. The van der Waals surface area contributed by atoms with Gasteiger partial charge in [-0.3, -0.25) is 4.79 Å². The van der Waals surface area contributed by atoms with E-state index in [-0.39, 0.29) is 5.91 Å². The zero-order valence-corrected chi connectivity index (χ0v) is 14.2. The molecule has 0 atom stereocenters. The maximum Gasteiger partial charge on any atom is 0.242 e. The summed E-state index contributed by atoms with van der Waals surface area (Å²) < 4.78 is 24.1. The molecule has 0 unspecified atom stereocenters. The lowest BCUT2D eigenvalue weighted by molar-refractivity contribution is -0.126. The molecule has 0 aliphatic rings. The molecule has 1 amide bonds. The van der Waals surface area contributed by atoms with Gasteiger partial charge in [0.15, 0.2) is 0 Å². The fraction of sp³-hybridized carbons (Fsp3) is 0.500. The summed E-state index contributed by atoms with van der Waals surface area (Å²) in [6.07, 6.45) is 0. The molecule has 6 heteroatoms. The third-order valence-corrected chi connectivity index (χ3v) is 3.98. The number of amides is 1. The molecule has 0 N–H and O–H groups in total. The highest BCUT2D eigenvalue weighted by Crippen LogP contribution is 2.10. The average molecular weight is 302 g/mol. The lowest BCUT2D eigenvalue weighted by Gasteiger charge is -2.10. The van der Waals surface area contributed by atoms with Gasteiger partial charge in [0.2, 0.25) is 15.9 Å². The number of carbonyl (C=O) groups excluding carboxylic acids is 1. The van der Waals surface area contributed by atoms with E-state index in [1.807, 2.05) is 13.8 Å². The van der Waals surface area contributed by atoms with Crippen LogP contribution in [-0.4, -0.2) is 51.7 Å². The molecule has 0 heterocycles. The van der Waals surface area contributed by atoms with Crippen LogP contribution in [0.15, 0.2) is 35.2 Å². The van der Waals surface area contributed by atoms with E-state index in [2.05, 4.69) is 0 Å². The van der Waals surface area contributed by atoms with E-state index in [0.29, 0.717) is 4.90 Å². The third-order valence-electron chi connectivity index (χ3n) is 2.15. The molecule has 0 aliphatic heterocycles. The zero-order valence-electron chi connectivity index (χ0n) is 13.4. The Morgan fingerprint density at radius 3 is 1.55 bits per heavy atom. The van der Waals surface area contributed by atoms with E-state index in [1.165, 1.54) is 30.2 Å². The first kappa shape index (κ1) is 20.9. The Morgan fingerprint density at radius 1 is 0.950 bits per heavy atom. The number of sulfonamides is 1. The molecule has 1 aromatic rings. The molecule has 0 fully saturated rings. The van der Waals surface area contributed by atoms with Crippen LogP contribution in [0, 0.1) is 0 Å². The zero-order chi connectivity index (χ0) is 16.3. The molecule has 0 radical (unpaired) electrons. The van der Waals surface area contributed by atoms with Crippen molar-refractivity contribution in [3.05, 3.63) is 30.3 Å². The fourth-order valence-corrected chi connectivity index (χ4v) is 1.73. The molecule has 0 saturated heterocycles. The van der Waals surface area contributed by atoms with Gasteiger partial charge in [-0.2, -0.15) is 0 Å². The van der Waals surface area contributed by atoms with E-state index in [9.17, 15) is 13.2 Å². The molecule has 1 rings (SSSR count). The quantitative estimate of drug-likeness (QED) is 0.840. The largest absolute Gasteiger partial charge is 0.349 e. The standard InChI is InChI=1S/C8H11NO2S.C4H9NO.C2H6/c1-9(2)12(10,11)8-6-4-3-5-7-8;1-4(6)5(2)3;1-2/h3-7H,1-2H3;1-3H3;1-2H3. The van der Waals surface area contributed by atoms with Gasteiger partial charge in [0.1, 0.15) is 0 Å². The van der Waals surface area contributed by atoms with Gasteiger partial charge in [0, 0.05) is 35.1 Å². The molecule has 20 heavy (non-hydrogen) atoms. The second-order valence-electron chi connectivity index (χ2n) is 4.01.